The van der Waals surface area contributed by atoms with Crippen LogP contribution in [0.15, 0.2) is 0 Å². The molecule has 2 atom stereocenters. The van der Waals surface area contributed by atoms with Crippen LogP contribution in [0.5, 0.6) is 0 Å². The third-order valence-electron chi connectivity index (χ3n) is 3.62. The number of rotatable bonds is 5. The van der Waals surface area contributed by atoms with Gasteiger partial charge in [0.1, 0.15) is 0 Å². The molecular weight excluding hydrogens is 256 g/mol. The Bertz CT molecular complexity index is 397. The Balaban J connectivity index is 1.82. The van der Waals surface area contributed by atoms with Gasteiger partial charge >= 0.3 is 5.97 Å². The molecule has 0 spiro atoms. The Morgan fingerprint density at radius 2 is 1.94 bits per heavy atom. The Labute approximate surface area is 108 Å². The second kappa shape index (κ2) is 5.54. The fourth-order valence-electron chi connectivity index (χ4n) is 2.79. The van der Waals surface area contributed by atoms with Crippen molar-refractivity contribution in [2.24, 2.45) is 0 Å². The van der Waals surface area contributed by atoms with E-state index >= 15 is 0 Å². The molecule has 2 saturated heterocycles. The minimum atomic E-state index is -3.38. The summed E-state index contributed by atoms with van der Waals surface area (Å²) in [6.07, 6.45) is 3.85. The second-order valence-corrected chi connectivity index (χ2v) is 6.94. The van der Waals surface area contributed by atoms with Crippen molar-refractivity contribution in [3.8, 4) is 0 Å². The van der Waals surface area contributed by atoms with Gasteiger partial charge in [-0.2, -0.15) is 0 Å². The number of sulfonamides is 1. The van der Waals surface area contributed by atoms with Crippen molar-refractivity contribution in [3.05, 3.63) is 0 Å². The molecule has 0 aromatic heterocycles. The zero-order chi connectivity index (χ0) is 13.2. The monoisotopic (exact) mass is 276 g/mol. The van der Waals surface area contributed by atoms with E-state index < -0.39 is 16.0 Å². The van der Waals surface area contributed by atoms with Gasteiger partial charge < -0.3 is 10.1 Å². The molecule has 0 aliphatic carbocycles. The molecule has 0 saturated carbocycles. The molecule has 2 aliphatic rings. The first-order valence-electron chi connectivity index (χ1n) is 6.31. The lowest BCUT2D eigenvalue weighted by Gasteiger charge is -2.29. The summed E-state index contributed by atoms with van der Waals surface area (Å²) in [6.45, 7) is 0. The minimum absolute atomic E-state index is 0.00592. The van der Waals surface area contributed by atoms with Gasteiger partial charge in [0.2, 0.25) is 10.0 Å². The summed E-state index contributed by atoms with van der Waals surface area (Å²) in [6, 6.07) is 0.889. The van der Waals surface area contributed by atoms with Crippen molar-refractivity contribution in [1.29, 1.82) is 0 Å². The van der Waals surface area contributed by atoms with Crippen LogP contribution < -0.4 is 10.0 Å². The topological polar surface area (TPSA) is 84.5 Å². The summed E-state index contributed by atoms with van der Waals surface area (Å²) >= 11 is 0. The van der Waals surface area contributed by atoms with Gasteiger partial charge in [-0.15, -0.1) is 0 Å². The van der Waals surface area contributed by atoms with E-state index in [1.807, 2.05) is 0 Å². The quantitative estimate of drug-likeness (QED) is 0.677. The van der Waals surface area contributed by atoms with E-state index in [9.17, 15) is 13.2 Å². The number of methoxy groups -OCH3 is 1. The lowest BCUT2D eigenvalue weighted by atomic mass is 10.0. The van der Waals surface area contributed by atoms with E-state index in [0.29, 0.717) is 12.1 Å². The standard InChI is InChI=1S/C11H20N2O4S/c1-17-11(14)4-5-18(15,16)13-10-6-8-2-3-9(7-10)12-8/h8-10,12-13H,2-7H2,1H3. The lowest BCUT2D eigenvalue weighted by molar-refractivity contribution is -0.140. The predicted octanol–water partition coefficient (Wildman–Crippen LogP) is -0.248. The van der Waals surface area contributed by atoms with Crippen molar-refractivity contribution in [1.82, 2.24) is 10.0 Å². The van der Waals surface area contributed by atoms with Crippen LogP contribution >= 0.6 is 0 Å². The summed E-state index contributed by atoms with van der Waals surface area (Å²) in [5.74, 6) is -0.690. The third-order valence-corrected chi connectivity index (χ3v) is 5.06. The van der Waals surface area contributed by atoms with Crippen molar-refractivity contribution < 1.29 is 17.9 Å². The fraction of sp³-hybridized carbons (Fsp3) is 0.909. The molecule has 2 N–H and O–H groups in total. The Morgan fingerprint density at radius 3 is 2.50 bits per heavy atom. The second-order valence-electron chi connectivity index (χ2n) is 5.07. The van der Waals surface area contributed by atoms with Gasteiger partial charge in [-0.25, -0.2) is 13.1 Å². The molecule has 104 valence electrons. The first-order chi connectivity index (χ1) is 8.48. The number of ether oxygens (including phenoxy) is 1. The molecule has 2 unspecified atom stereocenters. The molecule has 18 heavy (non-hydrogen) atoms. The van der Waals surface area contributed by atoms with Crippen molar-refractivity contribution in [3.63, 3.8) is 0 Å². The Morgan fingerprint density at radius 1 is 1.33 bits per heavy atom. The van der Waals surface area contributed by atoms with Crippen LogP contribution in [-0.4, -0.2) is 45.4 Å². The van der Waals surface area contributed by atoms with Crippen LogP contribution in [0.4, 0.5) is 0 Å². The highest BCUT2D eigenvalue weighted by Crippen LogP contribution is 2.27. The Kier molecular flexibility index (Phi) is 4.24. The van der Waals surface area contributed by atoms with Crippen molar-refractivity contribution in [2.75, 3.05) is 12.9 Å². The summed E-state index contributed by atoms with van der Waals surface area (Å²) in [7, 11) is -2.13. The van der Waals surface area contributed by atoms with Gasteiger partial charge in [-0.1, -0.05) is 0 Å². The molecular formula is C11H20N2O4S. The Hall–Kier alpha value is -0.660. The number of carbonyl (C=O) groups excluding carboxylic acids is 1. The highest BCUT2D eigenvalue weighted by atomic mass is 32.2. The molecule has 0 aromatic rings. The van der Waals surface area contributed by atoms with Crippen molar-refractivity contribution in [2.45, 2.75) is 50.2 Å². The first kappa shape index (κ1) is 13.8. The molecule has 7 heteroatoms. The average Bonchev–Trinajstić information content (AvgIpc) is 2.65. The molecule has 0 aromatic carbocycles. The maximum atomic E-state index is 11.8. The number of carbonyl (C=O) groups is 1. The minimum Gasteiger partial charge on any atom is -0.469 e. The molecule has 0 radical (unpaired) electrons. The van der Waals surface area contributed by atoms with Gasteiger partial charge in [0.05, 0.1) is 19.3 Å². The number of piperidine rings is 1. The largest absolute Gasteiger partial charge is 0.469 e. The number of fused-ring (bicyclic) bond motifs is 2. The van der Waals surface area contributed by atoms with E-state index in [4.69, 9.17) is 0 Å². The molecule has 6 nitrogen and oxygen atoms in total. The molecule has 0 amide bonds. The van der Waals surface area contributed by atoms with Crippen molar-refractivity contribution >= 4 is 16.0 Å². The highest BCUT2D eigenvalue weighted by Gasteiger charge is 2.35. The van der Waals surface area contributed by atoms with E-state index in [0.717, 1.165) is 25.7 Å². The highest BCUT2D eigenvalue weighted by molar-refractivity contribution is 7.89. The normalized spacial score (nSPS) is 31.3. The molecule has 2 aliphatic heterocycles. The fourth-order valence-corrected chi connectivity index (χ4v) is 4.04. The van der Waals surface area contributed by atoms with E-state index in [1.165, 1.54) is 7.11 Å². The summed E-state index contributed by atoms with van der Waals surface area (Å²) in [5.41, 5.74) is 0. The smallest absolute Gasteiger partial charge is 0.306 e. The summed E-state index contributed by atoms with van der Waals surface area (Å²) in [5, 5.41) is 3.46. The maximum absolute atomic E-state index is 11.8. The van der Waals surface area contributed by atoms with Crippen LogP contribution in [-0.2, 0) is 19.6 Å². The van der Waals surface area contributed by atoms with Gasteiger partial charge in [0.25, 0.3) is 0 Å². The van der Waals surface area contributed by atoms with Crippen LogP contribution in [0, 0.1) is 0 Å². The molecule has 2 heterocycles. The molecule has 2 fully saturated rings. The van der Waals surface area contributed by atoms with Gasteiger partial charge in [-0.05, 0) is 25.7 Å². The van der Waals surface area contributed by atoms with Crippen LogP contribution in [0.3, 0.4) is 0 Å². The van der Waals surface area contributed by atoms with E-state index in [1.54, 1.807) is 0 Å². The lowest BCUT2D eigenvalue weighted by Crippen LogP contribution is -2.48. The first-order valence-corrected chi connectivity index (χ1v) is 7.96. The molecule has 2 rings (SSSR count). The number of hydrogen-bond donors (Lipinski definition) is 2. The van der Waals surface area contributed by atoms with Gasteiger partial charge in [0, 0.05) is 18.1 Å². The predicted molar refractivity (Wildman–Crippen MR) is 66.5 cm³/mol. The van der Waals surface area contributed by atoms with Crippen LogP contribution in [0.2, 0.25) is 0 Å². The van der Waals surface area contributed by atoms with Crippen LogP contribution in [0.25, 0.3) is 0 Å². The SMILES string of the molecule is COC(=O)CCS(=O)(=O)NC1CC2CCC(C1)N2. The number of esters is 1. The zero-order valence-electron chi connectivity index (χ0n) is 10.5. The summed E-state index contributed by atoms with van der Waals surface area (Å²) < 4.78 is 30.8. The van der Waals surface area contributed by atoms with Gasteiger partial charge in [0.15, 0.2) is 0 Å². The average molecular weight is 276 g/mol. The number of nitrogens with one attached hydrogen (secondary N) is 2. The van der Waals surface area contributed by atoms with E-state index in [2.05, 4.69) is 14.8 Å². The summed E-state index contributed by atoms with van der Waals surface area (Å²) in [4.78, 5) is 10.9. The van der Waals surface area contributed by atoms with E-state index in [-0.39, 0.29) is 18.2 Å². The molecule has 2 bridgehead atoms. The third kappa shape index (κ3) is 3.66. The van der Waals surface area contributed by atoms with Gasteiger partial charge in [-0.3, -0.25) is 4.79 Å². The van der Waals surface area contributed by atoms with Crippen LogP contribution in [0.1, 0.15) is 32.1 Å². The zero-order valence-corrected chi connectivity index (χ0v) is 11.3. The maximum Gasteiger partial charge on any atom is 0.306 e. The number of hydrogen-bond acceptors (Lipinski definition) is 5.